The molecule has 1 aromatic heterocycles. The highest BCUT2D eigenvalue weighted by Gasteiger charge is 2.11. The molecule has 26 heavy (non-hydrogen) atoms. The van der Waals surface area contributed by atoms with Crippen LogP contribution in [0.15, 0.2) is 64.3 Å². The van der Waals surface area contributed by atoms with Crippen LogP contribution < -0.4 is 16.0 Å². The third-order valence-electron chi connectivity index (χ3n) is 3.63. The van der Waals surface area contributed by atoms with Gasteiger partial charge in [-0.25, -0.2) is 14.8 Å². The van der Waals surface area contributed by atoms with Gasteiger partial charge in [-0.3, -0.25) is 0 Å². The number of para-hydroxylation sites is 2. The molecule has 0 aliphatic carbocycles. The molecule has 0 radical (unpaired) electrons. The van der Waals surface area contributed by atoms with E-state index in [2.05, 4.69) is 20.3 Å². The van der Waals surface area contributed by atoms with Crippen LogP contribution in [0.25, 0.3) is 6.08 Å². The van der Waals surface area contributed by atoms with E-state index < -0.39 is 5.97 Å². The van der Waals surface area contributed by atoms with E-state index >= 15 is 0 Å². The summed E-state index contributed by atoms with van der Waals surface area (Å²) in [6.45, 7) is 0. The number of aromatic nitrogens is 1. The van der Waals surface area contributed by atoms with Gasteiger partial charge in [0.05, 0.1) is 21.2 Å². The van der Waals surface area contributed by atoms with Crippen LogP contribution in [0.4, 0.5) is 10.8 Å². The third kappa shape index (κ3) is 3.17. The first kappa shape index (κ1) is 16.0. The first-order valence-electron chi connectivity index (χ1n) is 7.63. The lowest BCUT2D eigenvalue weighted by Gasteiger charge is -2.02. The maximum absolute atomic E-state index is 10.9. The van der Waals surface area contributed by atoms with Crippen LogP contribution in [-0.2, 0) is 0 Å². The maximum atomic E-state index is 10.9. The van der Waals surface area contributed by atoms with E-state index in [4.69, 9.17) is 5.11 Å². The molecule has 8 heteroatoms. The number of fused-ring (bicyclic) bond motifs is 1. The monoisotopic (exact) mass is 364 g/mol. The number of benzene rings is 2. The Balaban J connectivity index is 1.57. The molecule has 0 atom stereocenters. The quantitative estimate of drug-likeness (QED) is 0.659. The Morgan fingerprint density at radius 1 is 1.04 bits per heavy atom. The van der Waals surface area contributed by atoms with Crippen LogP contribution in [0, 0.1) is 0 Å². The van der Waals surface area contributed by atoms with E-state index in [0.29, 0.717) is 21.5 Å². The zero-order valence-electron chi connectivity index (χ0n) is 13.2. The average molecular weight is 364 g/mol. The van der Waals surface area contributed by atoms with Gasteiger partial charge in [0, 0.05) is 11.8 Å². The molecule has 128 valence electrons. The lowest BCUT2D eigenvalue weighted by molar-refractivity contribution is 0.0697. The molecule has 1 aliphatic rings. The molecule has 0 bridgehead atoms. The topological polar surface area (TPSA) is 107 Å². The summed E-state index contributed by atoms with van der Waals surface area (Å²) in [4.78, 5) is 24.3. The number of aromatic hydroxyl groups is 1. The maximum Gasteiger partial charge on any atom is 0.335 e. The summed E-state index contributed by atoms with van der Waals surface area (Å²) in [6, 6.07) is 13.8. The minimum absolute atomic E-state index is 0.117. The SMILES string of the molecule is O=C(O)c1ccc(Nc2nc(O)c(C=C3N=c4ccccc4=N3)s2)cc1. The van der Waals surface area contributed by atoms with Crippen molar-refractivity contribution in [1.29, 1.82) is 0 Å². The molecule has 0 amide bonds. The Hall–Kier alpha value is -3.52. The first-order chi connectivity index (χ1) is 12.6. The zero-order chi connectivity index (χ0) is 18.1. The molecule has 0 unspecified atom stereocenters. The van der Waals surface area contributed by atoms with Gasteiger partial charge >= 0.3 is 5.97 Å². The highest BCUT2D eigenvalue weighted by atomic mass is 32.1. The second kappa shape index (κ2) is 6.41. The van der Waals surface area contributed by atoms with E-state index in [9.17, 15) is 9.90 Å². The number of hydrogen-bond donors (Lipinski definition) is 3. The molecular formula is C18H12N4O3S. The fourth-order valence-electron chi connectivity index (χ4n) is 2.40. The number of thiazole rings is 1. The molecule has 0 spiro atoms. The predicted octanol–water partition coefficient (Wildman–Crippen LogP) is 2.54. The fourth-order valence-corrected chi connectivity index (χ4v) is 3.21. The van der Waals surface area contributed by atoms with E-state index in [1.807, 2.05) is 24.3 Å². The summed E-state index contributed by atoms with van der Waals surface area (Å²) in [5.41, 5.74) is 0.873. The van der Waals surface area contributed by atoms with Crippen LogP contribution in [0.5, 0.6) is 5.88 Å². The van der Waals surface area contributed by atoms with Crippen LogP contribution >= 0.6 is 11.3 Å². The van der Waals surface area contributed by atoms with Crippen molar-refractivity contribution >= 4 is 34.2 Å². The van der Waals surface area contributed by atoms with Gasteiger partial charge in [0.1, 0.15) is 0 Å². The van der Waals surface area contributed by atoms with Gasteiger partial charge in [0.25, 0.3) is 0 Å². The minimum Gasteiger partial charge on any atom is -0.492 e. The third-order valence-corrected chi connectivity index (χ3v) is 4.54. The summed E-state index contributed by atoms with van der Waals surface area (Å²) in [5, 5.41) is 24.1. The van der Waals surface area contributed by atoms with Gasteiger partial charge in [0.2, 0.25) is 5.88 Å². The Labute approximate surface area is 151 Å². The summed E-state index contributed by atoms with van der Waals surface area (Å²) in [7, 11) is 0. The molecular weight excluding hydrogens is 352 g/mol. The van der Waals surface area contributed by atoms with Crippen molar-refractivity contribution in [2.45, 2.75) is 0 Å². The van der Waals surface area contributed by atoms with E-state index in [1.165, 1.54) is 23.5 Å². The molecule has 0 saturated carbocycles. The Morgan fingerprint density at radius 2 is 1.69 bits per heavy atom. The van der Waals surface area contributed by atoms with E-state index in [1.54, 1.807) is 18.2 Å². The number of rotatable bonds is 4. The number of nitrogens with zero attached hydrogens (tertiary/aromatic N) is 3. The number of carboxylic acid groups (broad SMARTS) is 1. The number of carboxylic acids is 1. The van der Waals surface area contributed by atoms with Crippen LogP contribution in [-0.4, -0.2) is 21.2 Å². The van der Waals surface area contributed by atoms with Gasteiger partial charge in [-0.2, -0.15) is 4.98 Å². The molecule has 4 rings (SSSR count). The normalized spacial score (nSPS) is 12.1. The van der Waals surface area contributed by atoms with Crippen LogP contribution in [0.2, 0.25) is 0 Å². The van der Waals surface area contributed by atoms with Gasteiger partial charge in [-0.05, 0) is 36.4 Å². The lowest BCUT2D eigenvalue weighted by Crippen LogP contribution is -2.19. The summed E-state index contributed by atoms with van der Waals surface area (Å²) in [6.07, 6.45) is 1.67. The van der Waals surface area contributed by atoms with Gasteiger partial charge < -0.3 is 15.5 Å². The van der Waals surface area contributed by atoms with Crippen molar-refractivity contribution < 1.29 is 15.0 Å². The molecule has 7 nitrogen and oxygen atoms in total. The zero-order valence-corrected chi connectivity index (χ0v) is 14.1. The summed E-state index contributed by atoms with van der Waals surface area (Å²) < 4.78 is 0. The second-order valence-electron chi connectivity index (χ2n) is 5.43. The Morgan fingerprint density at radius 3 is 2.31 bits per heavy atom. The fraction of sp³-hybridized carbons (Fsp3) is 0. The average Bonchev–Trinajstić information content (AvgIpc) is 3.18. The number of hydrogen-bond acceptors (Lipinski definition) is 7. The molecule has 0 fully saturated rings. The minimum atomic E-state index is -0.984. The summed E-state index contributed by atoms with van der Waals surface area (Å²) >= 11 is 1.25. The van der Waals surface area contributed by atoms with Gasteiger partial charge in [-0.15, -0.1) is 0 Å². The molecule has 3 N–H and O–H groups in total. The van der Waals surface area contributed by atoms with Crippen molar-refractivity contribution in [3.63, 3.8) is 0 Å². The second-order valence-corrected chi connectivity index (χ2v) is 6.46. The Bertz CT molecular complexity index is 1110. The van der Waals surface area contributed by atoms with E-state index in [0.717, 1.165) is 10.7 Å². The van der Waals surface area contributed by atoms with E-state index in [-0.39, 0.29) is 11.4 Å². The van der Waals surface area contributed by atoms with Crippen molar-refractivity contribution in [1.82, 2.24) is 4.98 Å². The highest BCUT2D eigenvalue weighted by Crippen LogP contribution is 2.32. The molecule has 3 aromatic rings. The van der Waals surface area contributed by atoms with Crippen LogP contribution in [0.1, 0.15) is 15.2 Å². The molecule has 2 aromatic carbocycles. The predicted molar refractivity (Wildman–Crippen MR) is 97.2 cm³/mol. The number of aromatic carboxylic acids is 1. The molecule has 2 heterocycles. The van der Waals surface area contributed by atoms with Crippen molar-refractivity contribution in [3.8, 4) is 5.88 Å². The molecule has 1 aliphatic heterocycles. The van der Waals surface area contributed by atoms with Crippen LogP contribution in [0.3, 0.4) is 0 Å². The van der Waals surface area contributed by atoms with Crippen molar-refractivity contribution in [2.75, 3.05) is 5.32 Å². The highest BCUT2D eigenvalue weighted by molar-refractivity contribution is 7.16. The number of nitrogens with one attached hydrogen (secondary N) is 1. The lowest BCUT2D eigenvalue weighted by atomic mass is 10.2. The summed E-state index contributed by atoms with van der Waals surface area (Å²) in [5.74, 6) is -0.599. The van der Waals surface area contributed by atoms with Crippen molar-refractivity contribution in [2.24, 2.45) is 9.98 Å². The standard InChI is InChI=1S/C18H12N4O3S/c23-16-14(9-15-20-12-3-1-2-4-13(12)21-15)26-18(22-16)19-11-7-5-10(6-8-11)17(24)25/h1-9,23H,(H,19,22)(H,24,25). The van der Waals surface area contributed by atoms with Crippen molar-refractivity contribution in [3.05, 3.63) is 75.5 Å². The largest absolute Gasteiger partial charge is 0.492 e. The van der Waals surface area contributed by atoms with Gasteiger partial charge in [0.15, 0.2) is 11.0 Å². The molecule has 0 saturated heterocycles. The number of anilines is 2. The smallest absolute Gasteiger partial charge is 0.335 e. The first-order valence-corrected chi connectivity index (χ1v) is 8.44. The Kier molecular flexibility index (Phi) is 3.94. The number of carbonyl (C=O) groups is 1. The van der Waals surface area contributed by atoms with Gasteiger partial charge in [-0.1, -0.05) is 23.5 Å².